The Morgan fingerprint density at radius 1 is 0.844 bits per heavy atom. The number of hydrogen-bond donors (Lipinski definition) is 3. The SMILES string of the molecule is CNC(=O)c1ccc(CN(CC(=O)Nc2cccc(C(=O)NC)c2)Cc2ccco2)cc1. The molecule has 3 aromatic rings. The van der Waals surface area contributed by atoms with Gasteiger partial charge >= 0.3 is 0 Å². The number of amides is 3. The molecule has 2 aromatic carbocycles. The Bertz CT molecular complexity index is 1060. The summed E-state index contributed by atoms with van der Waals surface area (Å²) in [6.07, 6.45) is 1.59. The molecule has 0 aliphatic rings. The number of hydrogen-bond acceptors (Lipinski definition) is 5. The van der Waals surface area contributed by atoms with Crippen molar-refractivity contribution in [1.82, 2.24) is 15.5 Å². The molecule has 32 heavy (non-hydrogen) atoms. The van der Waals surface area contributed by atoms with Crippen LogP contribution < -0.4 is 16.0 Å². The van der Waals surface area contributed by atoms with Gasteiger partial charge in [0.1, 0.15) is 5.76 Å². The first kappa shape index (κ1) is 22.8. The van der Waals surface area contributed by atoms with Crippen LogP contribution in [0.3, 0.4) is 0 Å². The third-order valence-electron chi connectivity index (χ3n) is 4.81. The van der Waals surface area contributed by atoms with Gasteiger partial charge in [0, 0.05) is 37.5 Å². The predicted molar refractivity (Wildman–Crippen MR) is 121 cm³/mol. The topological polar surface area (TPSA) is 104 Å². The van der Waals surface area contributed by atoms with E-state index in [1.165, 1.54) is 0 Å². The zero-order valence-electron chi connectivity index (χ0n) is 18.1. The lowest BCUT2D eigenvalue weighted by atomic mass is 10.1. The molecular formula is C24H26N4O4. The summed E-state index contributed by atoms with van der Waals surface area (Å²) in [6.45, 7) is 1.04. The zero-order valence-corrected chi connectivity index (χ0v) is 18.1. The number of nitrogens with zero attached hydrogens (tertiary/aromatic N) is 1. The van der Waals surface area contributed by atoms with Crippen molar-refractivity contribution in [1.29, 1.82) is 0 Å². The molecular weight excluding hydrogens is 408 g/mol. The van der Waals surface area contributed by atoms with Crippen molar-refractivity contribution in [3.8, 4) is 0 Å². The Hall–Kier alpha value is -3.91. The van der Waals surface area contributed by atoms with E-state index in [0.717, 1.165) is 11.3 Å². The van der Waals surface area contributed by atoms with Crippen LogP contribution in [0.4, 0.5) is 5.69 Å². The number of furan rings is 1. The van der Waals surface area contributed by atoms with Gasteiger partial charge in [0.15, 0.2) is 0 Å². The van der Waals surface area contributed by atoms with Crippen LogP contribution in [-0.2, 0) is 17.9 Å². The maximum absolute atomic E-state index is 12.7. The van der Waals surface area contributed by atoms with E-state index in [2.05, 4.69) is 16.0 Å². The van der Waals surface area contributed by atoms with Crippen molar-refractivity contribution in [3.05, 3.63) is 89.4 Å². The van der Waals surface area contributed by atoms with Crippen LogP contribution >= 0.6 is 0 Å². The maximum atomic E-state index is 12.7. The van der Waals surface area contributed by atoms with Crippen molar-refractivity contribution in [2.24, 2.45) is 0 Å². The van der Waals surface area contributed by atoms with Crippen LogP contribution in [0.2, 0.25) is 0 Å². The average molecular weight is 434 g/mol. The highest BCUT2D eigenvalue weighted by Crippen LogP contribution is 2.14. The van der Waals surface area contributed by atoms with E-state index < -0.39 is 0 Å². The summed E-state index contributed by atoms with van der Waals surface area (Å²) in [7, 11) is 3.14. The summed E-state index contributed by atoms with van der Waals surface area (Å²) >= 11 is 0. The van der Waals surface area contributed by atoms with Crippen molar-refractivity contribution < 1.29 is 18.8 Å². The fourth-order valence-electron chi connectivity index (χ4n) is 3.24. The summed E-state index contributed by atoms with van der Waals surface area (Å²) < 4.78 is 5.45. The minimum absolute atomic E-state index is 0.113. The van der Waals surface area contributed by atoms with E-state index in [4.69, 9.17) is 4.42 Å². The molecule has 0 fully saturated rings. The summed E-state index contributed by atoms with van der Waals surface area (Å²) in [5, 5.41) is 8.01. The predicted octanol–water partition coefficient (Wildman–Crippen LogP) is 2.64. The first-order valence-corrected chi connectivity index (χ1v) is 10.2. The lowest BCUT2D eigenvalue weighted by molar-refractivity contribution is -0.117. The molecule has 1 heterocycles. The van der Waals surface area contributed by atoms with E-state index >= 15 is 0 Å². The summed E-state index contributed by atoms with van der Waals surface area (Å²) in [5.41, 5.74) is 2.54. The molecule has 8 nitrogen and oxygen atoms in total. The fourth-order valence-corrected chi connectivity index (χ4v) is 3.24. The van der Waals surface area contributed by atoms with Crippen LogP contribution in [-0.4, -0.2) is 43.3 Å². The van der Waals surface area contributed by atoms with Crippen LogP contribution in [0.5, 0.6) is 0 Å². The normalized spacial score (nSPS) is 10.6. The Morgan fingerprint density at radius 2 is 1.56 bits per heavy atom. The third-order valence-corrected chi connectivity index (χ3v) is 4.81. The van der Waals surface area contributed by atoms with Gasteiger partial charge < -0.3 is 20.4 Å². The Balaban J connectivity index is 1.69. The lowest BCUT2D eigenvalue weighted by Crippen LogP contribution is -2.32. The number of rotatable bonds is 9. The molecule has 166 valence electrons. The third kappa shape index (κ3) is 6.29. The largest absolute Gasteiger partial charge is 0.468 e. The number of benzene rings is 2. The number of nitrogens with one attached hydrogen (secondary N) is 3. The highest BCUT2D eigenvalue weighted by Gasteiger charge is 2.15. The van der Waals surface area contributed by atoms with E-state index in [1.54, 1.807) is 62.8 Å². The lowest BCUT2D eigenvalue weighted by Gasteiger charge is -2.21. The van der Waals surface area contributed by atoms with Gasteiger partial charge in [-0.15, -0.1) is 0 Å². The minimum Gasteiger partial charge on any atom is -0.468 e. The first-order chi connectivity index (χ1) is 15.5. The van der Waals surface area contributed by atoms with Gasteiger partial charge in [0.2, 0.25) is 5.91 Å². The second-order valence-corrected chi connectivity index (χ2v) is 7.21. The van der Waals surface area contributed by atoms with E-state index in [-0.39, 0.29) is 24.3 Å². The Kier molecular flexibility index (Phi) is 7.77. The molecule has 0 aliphatic heterocycles. The van der Waals surface area contributed by atoms with Crippen molar-refractivity contribution in [2.45, 2.75) is 13.1 Å². The molecule has 0 aliphatic carbocycles. The second kappa shape index (κ2) is 10.9. The molecule has 0 unspecified atom stereocenters. The summed E-state index contributed by atoms with van der Waals surface area (Å²) in [6, 6.07) is 17.7. The van der Waals surface area contributed by atoms with Gasteiger partial charge in [-0.25, -0.2) is 0 Å². The number of carbonyl (C=O) groups is 3. The molecule has 3 amide bonds. The van der Waals surface area contributed by atoms with Gasteiger partial charge in [-0.3, -0.25) is 19.3 Å². The van der Waals surface area contributed by atoms with Crippen LogP contribution in [0, 0.1) is 0 Å². The molecule has 0 radical (unpaired) electrons. The molecule has 8 heteroatoms. The molecule has 1 aromatic heterocycles. The fraction of sp³-hybridized carbons (Fsp3) is 0.208. The first-order valence-electron chi connectivity index (χ1n) is 10.2. The van der Waals surface area contributed by atoms with Crippen molar-refractivity contribution in [2.75, 3.05) is 26.0 Å². The van der Waals surface area contributed by atoms with E-state index in [9.17, 15) is 14.4 Å². The van der Waals surface area contributed by atoms with Gasteiger partial charge in [-0.1, -0.05) is 18.2 Å². The molecule has 3 N–H and O–H groups in total. The van der Waals surface area contributed by atoms with Crippen LogP contribution in [0.25, 0.3) is 0 Å². The zero-order chi connectivity index (χ0) is 22.9. The molecule has 0 bridgehead atoms. The standard InChI is InChI=1S/C24H26N4O4/c1-25-23(30)18-10-8-17(9-11-18)14-28(15-21-7-4-12-32-21)16-22(29)27-20-6-3-5-19(13-20)24(31)26-2/h3-13H,14-16H2,1-2H3,(H,25,30)(H,26,31)(H,27,29). The Morgan fingerprint density at radius 3 is 2.22 bits per heavy atom. The van der Waals surface area contributed by atoms with E-state index in [0.29, 0.717) is 29.9 Å². The molecule has 3 rings (SSSR count). The van der Waals surface area contributed by atoms with Gasteiger partial charge in [0.05, 0.1) is 19.4 Å². The minimum atomic E-state index is -0.222. The van der Waals surface area contributed by atoms with E-state index in [1.807, 2.05) is 23.1 Å². The maximum Gasteiger partial charge on any atom is 0.251 e. The van der Waals surface area contributed by atoms with Gasteiger partial charge in [-0.2, -0.15) is 0 Å². The number of carbonyl (C=O) groups excluding carboxylic acids is 3. The molecule has 0 spiro atoms. The van der Waals surface area contributed by atoms with Crippen LogP contribution in [0.1, 0.15) is 32.0 Å². The smallest absolute Gasteiger partial charge is 0.251 e. The highest BCUT2D eigenvalue weighted by molar-refractivity contribution is 5.97. The molecule has 0 atom stereocenters. The number of anilines is 1. The van der Waals surface area contributed by atoms with Crippen LogP contribution in [0.15, 0.2) is 71.3 Å². The second-order valence-electron chi connectivity index (χ2n) is 7.21. The molecule has 0 saturated heterocycles. The monoisotopic (exact) mass is 434 g/mol. The van der Waals surface area contributed by atoms with Gasteiger partial charge in [-0.05, 0) is 48.0 Å². The van der Waals surface area contributed by atoms with Gasteiger partial charge in [0.25, 0.3) is 11.8 Å². The average Bonchev–Trinajstić information content (AvgIpc) is 3.31. The Labute approximate surface area is 186 Å². The van der Waals surface area contributed by atoms with Crippen molar-refractivity contribution in [3.63, 3.8) is 0 Å². The molecule has 0 saturated carbocycles. The highest BCUT2D eigenvalue weighted by atomic mass is 16.3. The van der Waals surface area contributed by atoms with Crippen molar-refractivity contribution >= 4 is 23.4 Å². The summed E-state index contributed by atoms with van der Waals surface area (Å²) in [4.78, 5) is 38.3. The summed E-state index contributed by atoms with van der Waals surface area (Å²) in [5.74, 6) is 0.150. The quantitative estimate of drug-likeness (QED) is 0.480.